The summed E-state index contributed by atoms with van der Waals surface area (Å²) in [5.74, 6) is 3.20. The number of Topliss-reactive ketones (excluding diaryl/α,β-unsaturated/α-hetero) is 1. The van der Waals surface area contributed by atoms with Crippen molar-refractivity contribution in [2.24, 2.45) is 39.9 Å². The number of rotatable bonds is 0. The van der Waals surface area contributed by atoms with E-state index >= 15 is 0 Å². The molecule has 1 N–H and O–H groups in total. The molecule has 0 aromatic heterocycles. The van der Waals surface area contributed by atoms with Gasteiger partial charge in [0, 0.05) is 11.8 Å². The number of hydrogen-bond donors (Lipinski definition) is 1. The third-order valence-corrected chi connectivity index (χ3v) is 9.43. The number of ketones is 1. The zero-order valence-electron chi connectivity index (χ0n) is 14.3. The fourth-order valence-corrected chi connectivity index (χ4v) is 8.60. The monoisotopic (exact) mass is 302 g/mol. The second-order valence-corrected chi connectivity index (χ2v) is 10.4. The topological polar surface area (TPSA) is 37.3 Å². The van der Waals surface area contributed by atoms with Crippen molar-refractivity contribution in [3.8, 4) is 0 Å². The number of hydrogen-bond acceptors (Lipinski definition) is 2. The average Bonchev–Trinajstić information content (AvgIpc) is 2.42. The summed E-state index contributed by atoms with van der Waals surface area (Å²) in [5.41, 5.74) is 0.305. The third kappa shape index (κ3) is 1.33. The van der Waals surface area contributed by atoms with Gasteiger partial charge < -0.3 is 5.11 Å². The molecule has 7 unspecified atom stereocenters. The van der Waals surface area contributed by atoms with E-state index in [1.54, 1.807) is 0 Å². The molecule has 4 bridgehead atoms. The van der Waals surface area contributed by atoms with Crippen LogP contribution in [0.2, 0.25) is 0 Å². The first kappa shape index (κ1) is 14.0. The van der Waals surface area contributed by atoms with Crippen molar-refractivity contribution in [1.82, 2.24) is 0 Å². The third-order valence-electron chi connectivity index (χ3n) is 9.43. The van der Waals surface area contributed by atoms with Crippen molar-refractivity contribution in [3.05, 3.63) is 0 Å². The van der Waals surface area contributed by atoms with Gasteiger partial charge in [-0.2, -0.15) is 0 Å². The van der Waals surface area contributed by atoms with E-state index in [9.17, 15) is 9.90 Å². The molecule has 2 heteroatoms. The molecule has 1 spiro atoms. The lowest BCUT2D eigenvalue weighted by atomic mass is 9.30. The first-order valence-corrected chi connectivity index (χ1v) is 9.47. The van der Waals surface area contributed by atoms with Gasteiger partial charge in [-0.3, -0.25) is 4.79 Å². The molecule has 0 aromatic carbocycles. The molecule has 0 aromatic rings. The van der Waals surface area contributed by atoms with Crippen LogP contribution in [-0.2, 0) is 4.79 Å². The van der Waals surface area contributed by atoms with E-state index in [4.69, 9.17) is 0 Å². The minimum Gasteiger partial charge on any atom is -0.390 e. The summed E-state index contributed by atoms with van der Waals surface area (Å²) in [7, 11) is 0. The van der Waals surface area contributed by atoms with Gasteiger partial charge in [0.1, 0.15) is 5.78 Å². The average molecular weight is 302 g/mol. The van der Waals surface area contributed by atoms with E-state index in [0.29, 0.717) is 28.4 Å². The molecule has 7 aliphatic carbocycles. The molecule has 7 saturated carbocycles. The summed E-state index contributed by atoms with van der Waals surface area (Å²) in [4.78, 5) is 12.5. The Morgan fingerprint density at radius 3 is 2.59 bits per heavy atom. The van der Waals surface area contributed by atoms with Crippen LogP contribution in [0.4, 0.5) is 0 Å². The summed E-state index contributed by atoms with van der Waals surface area (Å²) in [6.45, 7) is 6.93. The summed E-state index contributed by atoms with van der Waals surface area (Å²) in [5, 5.41) is 10.9. The first-order valence-electron chi connectivity index (χ1n) is 9.47. The second kappa shape index (κ2) is 3.66. The molecule has 0 heterocycles. The van der Waals surface area contributed by atoms with Crippen LogP contribution in [0.3, 0.4) is 0 Å². The van der Waals surface area contributed by atoms with Crippen LogP contribution in [0.1, 0.15) is 72.1 Å². The summed E-state index contributed by atoms with van der Waals surface area (Å²) < 4.78 is 0. The fourth-order valence-electron chi connectivity index (χ4n) is 8.60. The van der Waals surface area contributed by atoms with Gasteiger partial charge in [-0.25, -0.2) is 0 Å². The molecule has 7 fully saturated rings. The minimum atomic E-state index is -0.303. The molecular weight excluding hydrogens is 272 g/mol. The molecule has 22 heavy (non-hydrogen) atoms. The van der Waals surface area contributed by atoms with Gasteiger partial charge in [-0.1, -0.05) is 20.8 Å². The predicted molar refractivity (Wildman–Crippen MR) is 85.2 cm³/mol. The Bertz CT molecular complexity index is 566. The lowest BCUT2D eigenvalue weighted by molar-refractivity contribution is -0.303. The minimum absolute atomic E-state index is 0.134. The Balaban J connectivity index is 1.57. The van der Waals surface area contributed by atoms with Crippen LogP contribution in [-0.4, -0.2) is 16.5 Å². The Labute approximate surface area is 134 Å². The molecule has 0 saturated heterocycles. The number of aliphatic hydroxyl groups is 1. The fraction of sp³-hybridized carbons (Fsp3) is 0.950. The first-order chi connectivity index (χ1) is 10.2. The van der Waals surface area contributed by atoms with Crippen molar-refractivity contribution in [2.45, 2.75) is 77.7 Å². The van der Waals surface area contributed by atoms with Gasteiger partial charge >= 0.3 is 0 Å². The predicted octanol–water partition coefficient (Wildman–Crippen LogP) is 3.96. The highest BCUT2D eigenvalue weighted by Crippen LogP contribution is 2.77. The molecule has 7 aliphatic rings. The molecule has 0 aliphatic heterocycles. The van der Waals surface area contributed by atoms with Crippen LogP contribution in [0.25, 0.3) is 0 Å². The van der Waals surface area contributed by atoms with Crippen LogP contribution in [0.15, 0.2) is 0 Å². The molecule has 122 valence electrons. The van der Waals surface area contributed by atoms with Crippen LogP contribution < -0.4 is 0 Å². The Kier molecular flexibility index (Phi) is 2.33. The van der Waals surface area contributed by atoms with Crippen molar-refractivity contribution in [3.63, 3.8) is 0 Å². The highest BCUT2D eigenvalue weighted by atomic mass is 16.3. The molecule has 0 amide bonds. The van der Waals surface area contributed by atoms with Gasteiger partial charge in [0.25, 0.3) is 0 Å². The van der Waals surface area contributed by atoms with Crippen molar-refractivity contribution >= 4 is 5.78 Å². The summed E-state index contributed by atoms with van der Waals surface area (Å²) in [6.07, 6.45) is 9.13. The van der Waals surface area contributed by atoms with Crippen LogP contribution >= 0.6 is 0 Å². The lowest BCUT2D eigenvalue weighted by Gasteiger charge is -2.75. The van der Waals surface area contributed by atoms with Crippen molar-refractivity contribution < 1.29 is 9.90 Å². The smallest absolute Gasteiger partial charge is 0.138 e. The number of fused-ring (bicyclic) bond motifs is 1. The standard InChI is InChI=1S/C20H30O2/c1-17(2)14-4-7-19-9-12-10-20(22,11-19)13(12)8-15(19)18(14,3)6-5-16(17)21/h12-15,22H,4-11H2,1-3H3. The van der Waals surface area contributed by atoms with E-state index in [0.717, 1.165) is 37.5 Å². The summed E-state index contributed by atoms with van der Waals surface area (Å²) >= 11 is 0. The Hall–Kier alpha value is -0.370. The second-order valence-electron chi connectivity index (χ2n) is 10.4. The maximum absolute atomic E-state index is 12.5. The maximum atomic E-state index is 12.5. The quantitative estimate of drug-likeness (QED) is 0.735. The van der Waals surface area contributed by atoms with Crippen molar-refractivity contribution in [2.75, 3.05) is 0 Å². The maximum Gasteiger partial charge on any atom is 0.138 e. The van der Waals surface area contributed by atoms with E-state index < -0.39 is 0 Å². The SMILES string of the molecule is CC1(C)C(=O)CCC2(C)C3CC4C5CC4(O)CC3(CCC12)C5. The van der Waals surface area contributed by atoms with E-state index in [-0.39, 0.29) is 11.0 Å². The summed E-state index contributed by atoms with van der Waals surface area (Å²) in [6, 6.07) is 0. The zero-order chi connectivity index (χ0) is 15.5. The van der Waals surface area contributed by atoms with Gasteiger partial charge in [-0.15, -0.1) is 0 Å². The highest BCUT2D eigenvalue weighted by Gasteiger charge is 2.73. The molecule has 7 atom stereocenters. The number of carbonyl (C=O) groups excluding carboxylic acids is 1. The highest BCUT2D eigenvalue weighted by molar-refractivity contribution is 5.85. The molecule has 7 rings (SSSR count). The van der Waals surface area contributed by atoms with Gasteiger partial charge in [-0.05, 0) is 79.4 Å². The largest absolute Gasteiger partial charge is 0.390 e. The van der Waals surface area contributed by atoms with Gasteiger partial charge in [0.05, 0.1) is 5.60 Å². The lowest BCUT2D eigenvalue weighted by Crippen LogP contribution is -2.72. The normalized spacial score (nSPS) is 61.2. The van der Waals surface area contributed by atoms with Gasteiger partial charge in [0.15, 0.2) is 0 Å². The zero-order valence-corrected chi connectivity index (χ0v) is 14.3. The van der Waals surface area contributed by atoms with E-state index in [1.165, 1.54) is 25.7 Å². The van der Waals surface area contributed by atoms with Crippen molar-refractivity contribution in [1.29, 1.82) is 0 Å². The Morgan fingerprint density at radius 1 is 1.09 bits per heavy atom. The van der Waals surface area contributed by atoms with E-state index in [1.807, 2.05) is 0 Å². The van der Waals surface area contributed by atoms with Crippen LogP contribution in [0, 0.1) is 39.9 Å². The Morgan fingerprint density at radius 2 is 1.86 bits per heavy atom. The van der Waals surface area contributed by atoms with Gasteiger partial charge in [0.2, 0.25) is 0 Å². The molecule has 2 nitrogen and oxygen atoms in total. The molecular formula is C20H30O2. The molecule has 0 radical (unpaired) electrons. The number of carbonyl (C=O) groups is 1. The van der Waals surface area contributed by atoms with E-state index in [2.05, 4.69) is 20.8 Å². The van der Waals surface area contributed by atoms with Crippen LogP contribution in [0.5, 0.6) is 0 Å².